The largest absolute Gasteiger partial charge is 0.319 e. The van der Waals surface area contributed by atoms with Gasteiger partial charge < -0.3 is 5.32 Å². The predicted octanol–water partition coefficient (Wildman–Crippen LogP) is 4.70. The standard InChI is InChI=1S/C19H31N/c1-18(2,3)17-10-8-16(9-11-17)14-19(15-20-4)12-6-5-7-13-19/h8-11,20H,5-7,12-15H2,1-4H3. The summed E-state index contributed by atoms with van der Waals surface area (Å²) >= 11 is 0. The van der Waals surface area contributed by atoms with Crippen molar-refractivity contribution in [2.24, 2.45) is 5.41 Å². The van der Waals surface area contributed by atoms with Crippen LogP contribution in [0.3, 0.4) is 0 Å². The Morgan fingerprint density at radius 1 is 1.00 bits per heavy atom. The molecule has 1 nitrogen and oxygen atoms in total. The normalized spacial score (nSPS) is 19.0. The summed E-state index contributed by atoms with van der Waals surface area (Å²) < 4.78 is 0. The van der Waals surface area contributed by atoms with E-state index >= 15 is 0 Å². The molecule has 1 saturated carbocycles. The minimum absolute atomic E-state index is 0.256. The zero-order chi connectivity index (χ0) is 14.6. The third-order valence-electron chi connectivity index (χ3n) is 4.87. The van der Waals surface area contributed by atoms with Crippen LogP contribution in [0.4, 0.5) is 0 Å². The SMILES string of the molecule is CNCC1(Cc2ccc(C(C)(C)C)cc2)CCCCC1. The fourth-order valence-electron chi connectivity index (χ4n) is 3.65. The third-order valence-corrected chi connectivity index (χ3v) is 4.87. The lowest BCUT2D eigenvalue weighted by atomic mass is 9.70. The highest BCUT2D eigenvalue weighted by atomic mass is 14.8. The minimum atomic E-state index is 0.256. The van der Waals surface area contributed by atoms with Gasteiger partial charge in [-0.2, -0.15) is 0 Å². The molecule has 0 aliphatic heterocycles. The van der Waals surface area contributed by atoms with E-state index in [4.69, 9.17) is 0 Å². The average Bonchev–Trinajstić information content (AvgIpc) is 2.39. The molecule has 0 radical (unpaired) electrons. The molecule has 1 aliphatic rings. The van der Waals surface area contributed by atoms with E-state index in [2.05, 4.69) is 57.4 Å². The van der Waals surface area contributed by atoms with E-state index in [0.29, 0.717) is 5.41 Å². The second kappa shape index (κ2) is 6.30. The number of nitrogens with one attached hydrogen (secondary N) is 1. The molecule has 112 valence electrons. The van der Waals surface area contributed by atoms with Gasteiger partial charge in [0.25, 0.3) is 0 Å². The van der Waals surface area contributed by atoms with Crippen LogP contribution in [0, 0.1) is 5.41 Å². The number of hydrogen-bond acceptors (Lipinski definition) is 1. The molecule has 2 rings (SSSR count). The molecule has 1 fully saturated rings. The van der Waals surface area contributed by atoms with Crippen molar-refractivity contribution in [1.82, 2.24) is 5.32 Å². The third kappa shape index (κ3) is 3.85. The highest BCUT2D eigenvalue weighted by molar-refractivity contribution is 5.28. The van der Waals surface area contributed by atoms with Gasteiger partial charge in [-0.1, -0.05) is 64.3 Å². The smallest absolute Gasteiger partial charge is 0.000799 e. The van der Waals surface area contributed by atoms with Gasteiger partial charge in [-0.15, -0.1) is 0 Å². The summed E-state index contributed by atoms with van der Waals surface area (Å²) in [5.41, 5.74) is 3.70. The minimum Gasteiger partial charge on any atom is -0.319 e. The number of rotatable bonds is 4. The maximum absolute atomic E-state index is 3.43. The van der Waals surface area contributed by atoms with Crippen LogP contribution in [-0.4, -0.2) is 13.6 Å². The quantitative estimate of drug-likeness (QED) is 0.838. The van der Waals surface area contributed by atoms with Crippen molar-refractivity contribution in [3.63, 3.8) is 0 Å². The molecule has 20 heavy (non-hydrogen) atoms. The van der Waals surface area contributed by atoms with E-state index < -0.39 is 0 Å². The fraction of sp³-hybridized carbons (Fsp3) is 0.684. The highest BCUT2D eigenvalue weighted by Crippen LogP contribution is 2.39. The summed E-state index contributed by atoms with van der Waals surface area (Å²) in [6.45, 7) is 8.01. The van der Waals surface area contributed by atoms with Gasteiger partial charge in [-0.25, -0.2) is 0 Å². The molecular formula is C19H31N. The Kier molecular flexibility index (Phi) is 4.90. The molecule has 0 saturated heterocycles. The first-order valence-corrected chi connectivity index (χ1v) is 8.19. The van der Waals surface area contributed by atoms with Crippen molar-refractivity contribution in [3.05, 3.63) is 35.4 Å². The van der Waals surface area contributed by atoms with E-state index in [-0.39, 0.29) is 5.41 Å². The van der Waals surface area contributed by atoms with Crippen LogP contribution in [0.1, 0.15) is 64.0 Å². The number of benzene rings is 1. The van der Waals surface area contributed by atoms with Gasteiger partial charge in [-0.05, 0) is 48.3 Å². The highest BCUT2D eigenvalue weighted by Gasteiger charge is 2.31. The molecule has 0 amide bonds. The Morgan fingerprint density at radius 2 is 1.60 bits per heavy atom. The zero-order valence-electron chi connectivity index (χ0n) is 13.8. The lowest BCUT2D eigenvalue weighted by Gasteiger charge is -2.37. The van der Waals surface area contributed by atoms with Crippen molar-refractivity contribution in [3.8, 4) is 0 Å². The van der Waals surface area contributed by atoms with Gasteiger partial charge in [-0.3, -0.25) is 0 Å². The van der Waals surface area contributed by atoms with Crippen LogP contribution < -0.4 is 5.32 Å². The number of hydrogen-bond donors (Lipinski definition) is 1. The first-order valence-electron chi connectivity index (χ1n) is 8.19. The summed E-state index contributed by atoms with van der Waals surface area (Å²) in [7, 11) is 2.10. The lowest BCUT2D eigenvalue weighted by molar-refractivity contribution is 0.185. The van der Waals surface area contributed by atoms with Crippen LogP contribution in [0.5, 0.6) is 0 Å². The van der Waals surface area contributed by atoms with Gasteiger partial charge in [0.15, 0.2) is 0 Å². The van der Waals surface area contributed by atoms with Crippen molar-refractivity contribution in [1.29, 1.82) is 0 Å². The van der Waals surface area contributed by atoms with Gasteiger partial charge in [0.05, 0.1) is 0 Å². The Bertz CT molecular complexity index is 399. The summed E-state index contributed by atoms with van der Waals surface area (Å²) in [4.78, 5) is 0. The second-order valence-electron chi connectivity index (χ2n) is 7.71. The molecule has 1 heteroatoms. The van der Waals surface area contributed by atoms with Crippen LogP contribution in [0.2, 0.25) is 0 Å². The average molecular weight is 273 g/mol. The predicted molar refractivity (Wildman–Crippen MR) is 88.3 cm³/mol. The summed E-state index contributed by atoms with van der Waals surface area (Å²) in [6, 6.07) is 9.36. The van der Waals surface area contributed by atoms with E-state index in [1.807, 2.05) is 0 Å². The monoisotopic (exact) mass is 273 g/mol. The first kappa shape index (κ1) is 15.6. The molecular weight excluding hydrogens is 242 g/mol. The molecule has 0 bridgehead atoms. The summed E-state index contributed by atoms with van der Waals surface area (Å²) in [5, 5.41) is 3.43. The molecule has 1 aromatic rings. The van der Waals surface area contributed by atoms with Gasteiger partial charge >= 0.3 is 0 Å². The maximum Gasteiger partial charge on any atom is 0.000799 e. The molecule has 1 aromatic carbocycles. The summed E-state index contributed by atoms with van der Waals surface area (Å²) in [6.07, 6.45) is 8.24. The van der Waals surface area contributed by atoms with E-state index in [1.54, 1.807) is 0 Å². The Balaban J connectivity index is 2.10. The van der Waals surface area contributed by atoms with Crippen molar-refractivity contribution in [2.75, 3.05) is 13.6 Å². The molecule has 0 spiro atoms. The zero-order valence-corrected chi connectivity index (χ0v) is 13.8. The maximum atomic E-state index is 3.43. The van der Waals surface area contributed by atoms with Gasteiger partial charge in [0.1, 0.15) is 0 Å². The van der Waals surface area contributed by atoms with Gasteiger partial charge in [0, 0.05) is 6.54 Å². The molecule has 0 aromatic heterocycles. The van der Waals surface area contributed by atoms with E-state index in [0.717, 1.165) is 6.54 Å². The first-order chi connectivity index (χ1) is 9.45. The van der Waals surface area contributed by atoms with Gasteiger partial charge in [0.2, 0.25) is 0 Å². The summed E-state index contributed by atoms with van der Waals surface area (Å²) in [5.74, 6) is 0. The Morgan fingerprint density at radius 3 is 2.10 bits per heavy atom. The topological polar surface area (TPSA) is 12.0 Å². The van der Waals surface area contributed by atoms with Crippen molar-refractivity contribution < 1.29 is 0 Å². The molecule has 0 heterocycles. The lowest BCUT2D eigenvalue weighted by Crippen LogP contribution is -2.36. The second-order valence-corrected chi connectivity index (χ2v) is 7.71. The molecule has 0 unspecified atom stereocenters. The van der Waals surface area contributed by atoms with Crippen molar-refractivity contribution >= 4 is 0 Å². The van der Waals surface area contributed by atoms with E-state index in [1.165, 1.54) is 49.7 Å². The Labute approximate surface area is 125 Å². The van der Waals surface area contributed by atoms with Crippen LogP contribution >= 0.6 is 0 Å². The molecule has 1 aliphatic carbocycles. The van der Waals surface area contributed by atoms with Crippen molar-refractivity contribution in [2.45, 2.75) is 64.7 Å². The molecule has 0 atom stereocenters. The Hall–Kier alpha value is -0.820. The molecule has 1 N–H and O–H groups in total. The van der Waals surface area contributed by atoms with Crippen LogP contribution in [0.15, 0.2) is 24.3 Å². The van der Waals surface area contributed by atoms with E-state index in [9.17, 15) is 0 Å². The van der Waals surface area contributed by atoms with Crippen LogP contribution in [-0.2, 0) is 11.8 Å². The van der Waals surface area contributed by atoms with Crippen LogP contribution in [0.25, 0.3) is 0 Å². The fourth-order valence-corrected chi connectivity index (χ4v) is 3.65.